The maximum atomic E-state index is 12.6. The zero-order valence-electron chi connectivity index (χ0n) is 13.4. The number of rotatable bonds is 7. The summed E-state index contributed by atoms with van der Waals surface area (Å²) in [6.45, 7) is 2.45. The second-order valence-electron chi connectivity index (χ2n) is 4.97. The van der Waals surface area contributed by atoms with Crippen molar-refractivity contribution < 1.29 is 17.9 Å². The third kappa shape index (κ3) is 4.23. The molecule has 0 radical (unpaired) electrons. The fraction of sp³-hybridized carbons (Fsp3) is 0.250. The number of nitrogens with zero attached hydrogens (tertiary/aromatic N) is 1. The van der Waals surface area contributed by atoms with Crippen molar-refractivity contribution in [3.63, 3.8) is 0 Å². The molecule has 0 bridgehead atoms. The van der Waals surface area contributed by atoms with Crippen LogP contribution < -0.4 is 14.8 Å². The number of sulfonamides is 1. The normalized spacial score (nSPS) is 10.9. The second kappa shape index (κ2) is 7.78. The number of carbonyl (C=O) groups excluding carboxylic acids is 1. The number of hydrogen-bond donors (Lipinski definition) is 2. The van der Waals surface area contributed by atoms with Gasteiger partial charge in [0, 0.05) is 18.3 Å². The van der Waals surface area contributed by atoms with Gasteiger partial charge < -0.3 is 10.1 Å². The first-order chi connectivity index (χ1) is 11.5. The standard InChI is InChI=1S/C16H19N3O4S/c1-3-8-18-16(20)12-6-7-14(23-2)15(10-12)24(21,22)19-13-5-4-9-17-11-13/h4-7,9-11,19H,3,8H2,1-2H3,(H,18,20). The number of benzene rings is 1. The molecule has 1 amide bonds. The molecule has 0 saturated carbocycles. The van der Waals surface area contributed by atoms with Gasteiger partial charge >= 0.3 is 0 Å². The quantitative estimate of drug-likeness (QED) is 0.797. The zero-order valence-corrected chi connectivity index (χ0v) is 14.3. The van der Waals surface area contributed by atoms with E-state index in [4.69, 9.17) is 4.74 Å². The molecular weight excluding hydrogens is 330 g/mol. The highest BCUT2D eigenvalue weighted by Crippen LogP contribution is 2.26. The summed E-state index contributed by atoms with van der Waals surface area (Å²) in [4.78, 5) is 15.8. The van der Waals surface area contributed by atoms with Crippen molar-refractivity contribution in [1.82, 2.24) is 10.3 Å². The van der Waals surface area contributed by atoms with Crippen molar-refractivity contribution >= 4 is 21.6 Å². The molecule has 0 unspecified atom stereocenters. The van der Waals surface area contributed by atoms with Gasteiger partial charge in [-0.1, -0.05) is 6.92 Å². The van der Waals surface area contributed by atoms with Crippen molar-refractivity contribution in [2.75, 3.05) is 18.4 Å². The molecule has 2 N–H and O–H groups in total. The molecule has 0 saturated heterocycles. The second-order valence-corrected chi connectivity index (χ2v) is 6.62. The number of nitrogens with one attached hydrogen (secondary N) is 2. The van der Waals surface area contributed by atoms with Crippen molar-refractivity contribution in [1.29, 1.82) is 0 Å². The summed E-state index contributed by atoms with van der Waals surface area (Å²) in [5.41, 5.74) is 0.566. The molecule has 2 aromatic rings. The Balaban J connectivity index is 2.37. The Morgan fingerprint density at radius 3 is 2.71 bits per heavy atom. The minimum Gasteiger partial charge on any atom is -0.495 e. The van der Waals surface area contributed by atoms with Crippen LogP contribution in [0.3, 0.4) is 0 Å². The van der Waals surface area contributed by atoms with Gasteiger partial charge in [-0.2, -0.15) is 0 Å². The first-order valence-electron chi connectivity index (χ1n) is 7.37. The Labute approximate surface area is 141 Å². The maximum Gasteiger partial charge on any atom is 0.265 e. The van der Waals surface area contributed by atoms with E-state index >= 15 is 0 Å². The van der Waals surface area contributed by atoms with Crippen molar-refractivity contribution in [3.8, 4) is 5.75 Å². The Kier molecular flexibility index (Phi) is 5.75. The van der Waals surface area contributed by atoms with Crippen LogP contribution in [0.2, 0.25) is 0 Å². The van der Waals surface area contributed by atoms with E-state index in [2.05, 4.69) is 15.0 Å². The molecule has 7 nitrogen and oxygen atoms in total. The predicted molar refractivity (Wildman–Crippen MR) is 90.7 cm³/mol. The van der Waals surface area contributed by atoms with E-state index < -0.39 is 10.0 Å². The third-order valence-electron chi connectivity index (χ3n) is 3.16. The molecule has 0 spiro atoms. The monoisotopic (exact) mass is 349 g/mol. The van der Waals surface area contributed by atoms with Gasteiger partial charge in [0.15, 0.2) is 0 Å². The highest BCUT2D eigenvalue weighted by atomic mass is 32.2. The number of ether oxygens (including phenoxy) is 1. The van der Waals surface area contributed by atoms with Gasteiger partial charge in [0.2, 0.25) is 0 Å². The Morgan fingerprint density at radius 2 is 2.08 bits per heavy atom. The van der Waals surface area contributed by atoms with E-state index in [9.17, 15) is 13.2 Å². The molecule has 8 heteroatoms. The van der Waals surface area contributed by atoms with E-state index in [1.165, 1.54) is 37.7 Å². The number of pyridine rings is 1. The van der Waals surface area contributed by atoms with E-state index in [1.54, 1.807) is 12.1 Å². The van der Waals surface area contributed by atoms with E-state index in [1.807, 2.05) is 6.92 Å². The van der Waals surface area contributed by atoms with Gasteiger partial charge in [0.1, 0.15) is 10.6 Å². The molecule has 128 valence electrons. The summed E-state index contributed by atoms with van der Waals surface area (Å²) in [5, 5.41) is 2.71. The Hall–Kier alpha value is -2.61. The summed E-state index contributed by atoms with van der Waals surface area (Å²) in [6, 6.07) is 7.46. The summed E-state index contributed by atoms with van der Waals surface area (Å²) in [6.07, 6.45) is 3.72. The largest absolute Gasteiger partial charge is 0.495 e. The summed E-state index contributed by atoms with van der Waals surface area (Å²) >= 11 is 0. The lowest BCUT2D eigenvalue weighted by Crippen LogP contribution is -2.24. The average molecular weight is 349 g/mol. The molecule has 0 fully saturated rings. The van der Waals surface area contributed by atoms with Crippen LogP contribution in [-0.4, -0.2) is 33.0 Å². The number of carbonyl (C=O) groups is 1. The first kappa shape index (κ1) is 17.7. The molecule has 2 rings (SSSR count). The molecule has 0 aliphatic rings. The molecular formula is C16H19N3O4S. The molecule has 0 aliphatic carbocycles. The van der Waals surface area contributed by atoms with Crippen LogP contribution in [0, 0.1) is 0 Å². The minimum atomic E-state index is -3.93. The fourth-order valence-electron chi connectivity index (χ4n) is 2.00. The van der Waals surface area contributed by atoms with Gasteiger partial charge in [0.25, 0.3) is 15.9 Å². The van der Waals surface area contributed by atoms with E-state index in [0.29, 0.717) is 12.2 Å². The lowest BCUT2D eigenvalue weighted by Gasteiger charge is -2.13. The zero-order chi connectivity index (χ0) is 17.6. The van der Waals surface area contributed by atoms with E-state index in [0.717, 1.165) is 6.42 Å². The fourth-order valence-corrected chi connectivity index (χ4v) is 3.24. The number of amides is 1. The van der Waals surface area contributed by atoms with Crippen LogP contribution >= 0.6 is 0 Å². The van der Waals surface area contributed by atoms with Crippen LogP contribution in [0.5, 0.6) is 5.75 Å². The van der Waals surface area contributed by atoms with Crippen LogP contribution in [0.1, 0.15) is 23.7 Å². The first-order valence-corrected chi connectivity index (χ1v) is 8.85. The maximum absolute atomic E-state index is 12.6. The van der Waals surface area contributed by atoms with Crippen molar-refractivity contribution in [2.24, 2.45) is 0 Å². The summed E-state index contributed by atoms with van der Waals surface area (Å²) in [5.74, 6) is -0.184. The highest BCUT2D eigenvalue weighted by molar-refractivity contribution is 7.92. The molecule has 0 aliphatic heterocycles. The predicted octanol–water partition coefficient (Wildman–Crippen LogP) is 2.03. The minimum absolute atomic E-state index is 0.113. The SMILES string of the molecule is CCCNC(=O)c1ccc(OC)c(S(=O)(=O)Nc2cccnc2)c1. The van der Waals surface area contributed by atoms with Gasteiger partial charge in [-0.15, -0.1) is 0 Å². The Bertz CT molecular complexity index is 807. The van der Waals surface area contributed by atoms with Gasteiger partial charge in [0.05, 0.1) is 19.0 Å². The topological polar surface area (TPSA) is 97.4 Å². The Morgan fingerprint density at radius 1 is 1.29 bits per heavy atom. The van der Waals surface area contributed by atoms with Crippen LogP contribution in [0.25, 0.3) is 0 Å². The van der Waals surface area contributed by atoms with E-state index in [-0.39, 0.29) is 22.1 Å². The van der Waals surface area contributed by atoms with Crippen LogP contribution in [0.4, 0.5) is 5.69 Å². The molecule has 1 aromatic heterocycles. The average Bonchev–Trinajstić information content (AvgIpc) is 2.59. The lowest BCUT2D eigenvalue weighted by atomic mass is 10.2. The third-order valence-corrected chi connectivity index (χ3v) is 4.57. The van der Waals surface area contributed by atoms with Crippen molar-refractivity contribution in [2.45, 2.75) is 18.2 Å². The molecule has 1 aromatic carbocycles. The van der Waals surface area contributed by atoms with Crippen LogP contribution in [0.15, 0.2) is 47.6 Å². The van der Waals surface area contributed by atoms with Gasteiger partial charge in [-0.05, 0) is 36.8 Å². The smallest absolute Gasteiger partial charge is 0.265 e. The number of aromatic nitrogens is 1. The van der Waals surface area contributed by atoms with Crippen LogP contribution in [-0.2, 0) is 10.0 Å². The molecule has 1 heterocycles. The number of hydrogen-bond acceptors (Lipinski definition) is 5. The van der Waals surface area contributed by atoms with Gasteiger partial charge in [-0.3, -0.25) is 14.5 Å². The molecule has 24 heavy (non-hydrogen) atoms. The lowest BCUT2D eigenvalue weighted by molar-refractivity contribution is 0.0953. The number of methoxy groups -OCH3 is 1. The van der Waals surface area contributed by atoms with Gasteiger partial charge in [-0.25, -0.2) is 8.42 Å². The summed E-state index contributed by atoms with van der Waals surface area (Å²) in [7, 11) is -2.56. The number of anilines is 1. The molecule has 0 atom stereocenters. The summed E-state index contributed by atoms with van der Waals surface area (Å²) < 4.78 is 32.8. The highest BCUT2D eigenvalue weighted by Gasteiger charge is 2.22. The van der Waals surface area contributed by atoms with Crippen molar-refractivity contribution in [3.05, 3.63) is 48.3 Å².